The summed E-state index contributed by atoms with van der Waals surface area (Å²) >= 11 is 11.6. The summed E-state index contributed by atoms with van der Waals surface area (Å²) < 4.78 is 5.13. The lowest BCUT2D eigenvalue weighted by Crippen LogP contribution is -2.27. The number of anilines is 1. The number of halogens is 2. The molecule has 5 heteroatoms. The normalized spacial score (nSPS) is 11.1. The van der Waals surface area contributed by atoms with Gasteiger partial charge in [0.1, 0.15) is 5.60 Å². The number of hydrogen-bond acceptors (Lipinski definition) is 2. The molecule has 0 aliphatic carbocycles. The van der Waals surface area contributed by atoms with Crippen molar-refractivity contribution >= 4 is 35.0 Å². The van der Waals surface area contributed by atoms with Gasteiger partial charge in [0, 0.05) is 16.6 Å². The van der Waals surface area contributed by atoms with E-state index < -0.39 is 11.7 Å². The van der Waals surface area contributed by atoms with Crippen LogP contribution in [0.4, 0.5) is 10.5 Å². The standard InChI is InChI=1S/C12H15Cl2NO2/c1-12(2,3)17-11(16)15-10-5-8(7-13)4-9(14)6-10/h4-6H,7H2,1-3H3,(H,15,16). The Kier molecular flexibility index (Phi) is 4.66. The smallest absolute Gasteiger partial charge is 0.412 e. The molecule has 0 aliphatic rings. The first-order valence-electron chi connectivity index (χ1n) is 5.15. The Morgan fingerprint density at radius 1 is 1.35 bits per heavy atom. The van der Waals surface area contributed by atoms with E-state index in [0.717, 1.165) is 5.56 Å². The van der Waals surface area contributed by atoms with Crippen LogP contribution < -0.4 is 5.32 Å². The summed E-state index contributed by atoms with van der Waals surface area (Å²) in [4.78, 5) is 11.5. The maximum atomic E-state index is 11.5. The van der Waals surface area contributed by atoms with Crippen LogP contribution in [-0.2, 0) is 10.6 Å². The second-order valence-electron chi connectivity index (χ2n) is 4.61. The van der Waals surface area contributed by atoms with Gasteiger partial charge in [0.15, 0.2) is 0 Å². The fourth-order valence-electron chi connectivity index (χ4n) is 1.22. The molecule has 0 radical (unpaired) electrons. The highest BCUT2D eigenvalue weighted by molar-refractivity contribution is 6.31. The number of carbonyl (C=O) groups excluding carboxylic acids is 1. The monoisotopic (exact) mass is 275 g/mol. The van der Waals surface area contributed by atoms with Crippen LogP contribution in [0.1, 0.15) is 26.3 Å². The fraction of sp³-hybridized carbons (Fsp3) is 0.417. The van der Waals surface area contributed by atoms with E-state index in [-0.39, 0.29) is 0 Å². The molecule has 1 amide bonds. The molecule has 1 aromatic rings. The Hall–Kier alpha value is -0.930. The molecular weight excluding hydrogens is 261 g/mol. The predicted octanol–water partition coefficient (Wildman–Crippen LogP) is 4.43. The highest BCUT2D eigenvalue weighted by Gasteiger charge is 2.16. The lowest BCUT2D eigenvalue weighted by atomic mass is 10.2. The van der Waals surface area contributed by atoms with Crippen LogP contribution in [0.5, 0.6) is 0 Å². The second kappa shape index (κ2) is 5.61. The largest absolute Gasteiger partial charge is 0.444 e. The Labute approximate surface area is 111 Å². The fourth-order valence-corrected chi connectivity index (χ4v) is 1.63. The van der Waals surface area contributed by atoms with Crippen LogP contribution in [-0.4, -0.2) is 11.7 Å². The molecule has 0 spiro atoms. The van der Waals surface area contributed by atoms with Crippen molar-refractivity contribution < 1.29 is 9.53 Å². The molecule has 17 heavy (non-hydrogen) atoms. The van der Waals surface area contributed by atoms with Crippen molar-refractivity contribution in [2.45, 2.75) is 32.3 Å². The quantitative estimate of drug-likeness (QED) is 0.812. The highest BCUT2D eigenvalue weighted by Crippen LogP contribution is 2.21. The van der Waals surface area contributed by atoms with E-state index >= 15 is 0 Å². The average molecular weight is 276 g/mol. The molecule has 3 nitrogen and oxygen atoms in total. The van der Waals surface area contributed by atoms with Gasteiger partial charge in [-0.3, -0.25) is 5.32 Å². The van der Waals surface area contributed by atoms with Crippen molar-refractivity contribution in [3.05, 3.63) is 28.8 Å². The van der Waals surface area contributed by atoms with Crippen LogP contribution in [0, 0.1) is 0 Å². The molecular formula is C12H15Cl2NO2. The summed E-state index contributed by atoms with van der Waals surface area (Å²) in [6.45, 7) is 5.40. The maximum absolute atomic E-state index is 11.5. The van der Waals surface area contributed by atoms with Gasteiger partial charge in [-0.05, 0) is 44.5 Å². The van der Waals surface area contributed by atoms with Crippen molar-refractivity contribution in [2.24, 2.45) is 0 Å². The molecule has 0 saturated heterocycles. The van der Waals surface area contributed by atoms with Gasteiger partial charge in [0.05, 0.1) is 0 Å². The van der Waals surface area contributed by atoms with Gasteiger partial charge in [-0.1, -0.05) is 11.6 Å². The number of carbonyl (C=O) groups is 1. The summed E-state index contributed by atoms with van der Waals surface area (Å²) in [5, 5.41) is 3.13. The number of hydrogen-bond donors (Lipinski definition) is 1. The zero-order valence-electron chi connectivity index (χ0n) is 10.0. The molecule has 1 rings (SSSR count). The minimum atomic E-state index is -0.530. The van der Waals surface area contributed by atoms with Gasteiger partial charge in [0.2, 0.25) is 0 Å². The van der Waals surface area contributed by atoms with E-state index in [9.17, 15) is 4.79 Å². The first-order valence-corrected chi connectivity index (χ1v) is 6.07. The van der Waals surface area contributed by atoms with Gasteiger partial charge in [-0.15, -0.1) is 11.6 Å². The topological polar surface area (TPSA) is 38.3 Å². The van der Waals surface area contributed by atoms with Gasteiger partial charge in [0.25, 0.3) is 0 Å². The molecule has 0 heterocycles. The number of amides is 1. The molecule has 1 aromatic carbocycles. The number of rotatable bonds is 2. The zero-order valence-corrected chi connectivity index (χ0v) is 11.5. The highest BCUT2D eigenvalue weighted by atomic mass is 35.5. The van der Waals surface area contributed by atoms with E-state index in [1.165, 1.54) is 0 Å². The van der Waals surface area contributed by atoms with Crippen molar-refractivity contribution in [1.82, 2.24) is 0 Å². The molecule has 0 aromatic heterocycles. The van der Waals surface area contributed by atoms with Gasteiger partial charge in [-0.2, -0.15) is 0 Å². The third-order valence-electron chi connectivity index (χ3n) is 1.76. The van der Waals surface area contributed by atoms with Gasteiger partial charge >= 0.3 is 6.09 Å². The Bertz CT molecular complexity index is 413. The van der Waals surface area contributed by atoms with E-state index in [2.05, 4.69) is 5.32 Å². The molecule has 0 fully saturated rings. The molecule has 0 saturated carbocycles. The number of nitrogens with one attached hydrogen (secondary N) is 1. The minimum absolute atomic E-state index is 0.337. The van der Waals surface area contributed by atoms with Crippen LogP contribution >= 0.6 is 23.2 Å². The first-order chi connectivity index (χ1) is 7.80. The van der Waals surface area contributed by atoms with Crippen molar-refractivity contribution in [3.8, 4) is 0 Å². The lowest BCUT2D eigenvalue weighted by Gasteiger charge is -2.19. The van der Waals surface area contributed by atoms with E-state index in [4.69, 9.17) is 27.9 Å². The van der Waals surface area contributed by atoms with Crippen LogP contribution in [0.2, 0.25) is 5.02 Å². The van der Waals surface area contributed by atoms with Crippen LogP contribution in [0.3, 0.4) is 0 Å². The Balaban J connectivity index is 2.74. The summed E-state index contributed by atoms with van der Waals surface area (Å²) in [5.41, 5.74) is 0.880. The van der Waals surface area contributed by atoms with Crippen LogP contribution in [0.15, 0.2) is 18.2 Å². The summed E-state index contributed by atoms with van der Waals surface area (Å²) in [6, 6.07) is 5.14. The maximum Gasteiger partial charge on any atom is 0.412 e. The van der Waals surface area contributed by atoms with E-state index in [0.29, 0.717) is 16.6 Å². The van der Waals surface area contributed by atoms with E-state index in [1.54, 1.807) is 39.0 Å². The van der Waals surface area contributed by atoms with Crippen molar-refractivity contribution in [3.63, 3.8) is 0 Å². The molecule has 0 unspecified atom stereocenters. The van der Waals surface area contributed by atoms with Gasteiger partial charge < -0.3 is 4.74 Å². The van der Waals surface area contributed by atoms with E-state index in [1.807, 2.05) is 0 Å². The number of alkyl halides is 1. The van der Waals surface area contributed by atoms with Gasteiger partial charge in [-0.25, -0.2) is 4.79 Å². The number of benzene rings is 1. The van der Waals surface area contributed by atoms with Crippen LogP contribution in [0.25, 0.3) is 0 Å². The molecule has 1 N–H and O–H groups in total. The SMILES string of the molecule is CC(C)(C)OC(=O)Nc1cc(Cl)cc(CCl)c1. The second-order valence-corrected chi connectivity index (χ2v) is 5.31. The first kappa shape index (κ1) is 14.1. The minimum Gasteiger partial charge on any atom is -0.444 e. The average Bonchev–Trinajstić information content (AvgIpc) is 2.13. The van der Waals surface area contributed by atoms with Crippen molar-refractivity contribution in [2.75, 3.05) is 5.32 Å². The molecule has 0 bridgehead atoms. The Morgan fingerprint density at radius 3 is 2.53 bits per heavy atom. The molecule has 94 valence electrons. The zero-order chi connectivity index (χ0) is 13.1. The summed E-state index contributed by atoms with van der Waals surface area (Å²) in [7, 11) is 0. The number of ether oxygens (including phenoxy) is 1. The third-order valence-corrected chi connectivity index (χ3v) is 2.28. The predicted molar refractivity (Wildman–Crippen MR) is 70.9 cm³/mol. The molecule has 0 atom stereocenters. The third kappa shape index (κ3) is 5.29. The van der Waals surface area contributed by atoms with Crippen molar-refractivity contribution in [1.29, 1.82) is 0 Å². The summed E-state index contributed by atoms with van der Waals surface area (Å²) in [5.74, 6) is 0.337. The molecule has 0 aliphatic heterocycles. The summed E-state index contributed by atoms with van der Waals surface area (Å²) in [6.07, 6.45) is -0.514. The lowest BCUT2D eigenvalue weighted by molar-refractivity contribution is 0.0636. The Morgan fingerprint density at radius 2 is 2.00 bits per heavy atom.